The van der Waals surface area contributed by atoms with Crippen LogP contribution in [0.5, 0.6) is 5.75 Å². The maximum atomic E-state index is 12.0. The van der Waals surface area contributed by atoms with E-state index in [0.29, 0.717) is 6.04 Å². The summed E-state index contributed by atoms with van der Waals surface area (Å²) in [5.74, 6) is 0.831. The molecule has 0 radical (unpaired) electrons. The molecule has 1 fully saturated rings. The standard InChI is InChI=1S/C15H22N2O2/c1-2-16-13-8-10-17(11-9-13)15(18)12-19-14-6-4-3-5-7-14/h3-7,13,16H,2,8-12H2,1H3. The van der Waals surface area contributed by atoms with Crippen molar-refractivity contribution in [3.8, 4) is 5.75 Å². The summed E-state index contributed by atoms with van der Waals surface area (Å²) in [6.45, 7) is 4.90. The number of hydrogen-bond acceptors (Lipinski definition) is 3. The van der Waals surface area contributed by atoms with Crippen molar-refractivity contribution >= 4 is 5.91 Å². The third-order valence-electron chi connectivity index (χ3n) is 3.45. The monoisotopic (exact) mass is 262 g/mol. The average molecular weight is 262 g/mol. The van der Waals surface area contributed by atoms with Crippen molar-refractivity contribution in [3.63, 3.8) is 0 Å². The quantitative estimate of drug-likeness (QED) is 0.877. The van der Waals surface area contributed by atoms with Crippen molar-refractivity contribution in [2.45, 2.75) is 25.8 Å². The van der Waals surface area contributed by atoms with Crippen LogP contribution in [0.4, 0.5) is 0 Å². The van der Waals surface area contributed by atoms with Gasteiger partial charge in [-0.3, -0.25) is 4.79 Å². The van der Waals surface area contributed by atoms with Crippen LogP contribution in [0.1, 0.15) is 19.8 Å². The number of carbonyl (C=O) groups excluding carboxylic acids is 1. The Balaban J connectivity index is 1.73. The van der Waals surface area contributed by atoms with Crippen LogP contribution < -0.4 is 10.1 Å². The largest absolute Gasteiger partial charge is 0.484 e. The molecule has 1 N–H and O–H groups in total. The summed E-state index contributed by atoms with van der Waals surface area (Å²) in [6, 6.07) is 10.0. The second-order valence-corrected chi connectivity index (χ2v) is 4.81. The molecular formula is C15H22N2O2. The lowest BCUT2D eigenvalue weighted by Gasteiger charge is -2.32. The number of carbonyl (C=O) groups is 1. The second-order valence-electron chi connectivity index (χ2n) is 4.81. The predicted molar refractivity (Wildman–Crippen MR) is 75.2 cm³/mol. The minimum atomic E-state index is 0.0822. The van der Waals surface area contributed by atoms with E-state index in [-0.39, 0.29) is 12.5 Å². The number of ether oxygens (including phenoxy) is 1. The Labute approximate surface area is 114 Å². The van der Waals surface area contributed by atoms with Gasteiger partial charge in [0.2, 0.25) is 0 Å². The first kappa shape index (κ1) is 13.9. The topological polar surface area (TPSA) is 41.6 Å². The number of para-hydroxylation sites is 1. The number of nitrogens with one attached hydrogen (secondary N) is 1. The molecule has 1 aliphatic heterocycles. The Bertz CT molecular complexity index is 386. The van der Waals surface area contributed by atoms with Gasteiger partial charge < -0.3 is 15.0 Å². The Hall–Kier alpha value is -1.55. The fourth-order valence-corrected chi connectivity index (χ4v) is 2.37. The van der Waals surface area contributed by atoms with Crippen LogP contribution in [0.15, 0.2) is 30.3 Å². The summed E-state index contributed by atoms with van der Waals surface area (Å²) in [6.07, 6.45) is 2.07. The highest BCUT2D eigenvalue weighted by molar-refractivity contribution is 5.77. The lowest BCUT2D eigenvalue weighted by molar-refractivity contribution is -0.134. The van der Waals surface area contributed by atoms with E-state index >= 15 is 0 Å². The van der Waals surface area contributed by atoms with Gasteiger partial charge in [0.25, 0.3) is 5.91 Å². The van der Waals surface area contributed by atoms with E-state index in [0.717, 1.165) is 38.2 Å². The summed E-state index contributed by atoms with van der Waals surface area (Å²) in [7, 11) is 0. The molecule has 2 rings (SSSR count). The van der Waals surface area contributed by atoms with E-state index in [1.165, 1.54) is 0 Å². The average Bonchev–Trinajstić information content (AvgIpc) is 2.47. The molecule has 4 heteroatoms. The van der Waals surface area contributed by atoms with E-state index in [2.05, 4.69) is 12.2 Å². The van der Waals surface area contributed by atoms with E-state index in [1.54, 1.807) is 0 Å². The Morgan fingerprint density at radius 1 is 1.32 bits per heavy atom. The van der Waals surface area contributed by atoms with Crippen molar-refractivity contribution in [3.05, 3.63) is 30.3 Å². The van der Waals surface area contributed by atoms with Crippen LogP contribution in [-0.2, 0) is 4.79 Å². The molecule has 0 aliphatic carbocycles. The predicted octanol–water partition coefficient (Wildman–Crippen LogP) is 1.67. The maximum absolute atomic E-state index is 12.0. The summed E-state index contributed by atoms with van der Waals surface area (Å²) in [4.78, 5) is 13.9. The van der Waals surface area contributed by atoms with Gasteiger partial charge in [0.1, 0.15) is 5.75 Å². The van der Waals surface area contributed by atoms with Gasteiger partial charge in [0.15, 0.2) is 6.61 Å². The van der Waals surface area contributed by atoms with Crippen molar-refractivity contribution in [2.75, 3.05) is 26.2 Å². The molecule has 0 atom stereocenters. The van der Waals surface area contributed by atoms with Crippen molar-refractivity contribution in [2.24, 2.45) is 0 Å². The van der Waals surface area contributed by atoms with Gasteiger partial charge in [-0.1, -0.05) is 25.1 Å². The van der Waals surface area contributed by atoms with Crippen molar-refractivity contribution in [1.29, 1.82) is 0 Å². The lowest BCUT2D eigenvalue weighted by atomic mass is 10.1. The van der Waals surface area contributed by atoms with E-state index in [1.807, 2.05) is 35.2 Å². The molecule has 0 spiro atoms. The second kappa shape index (κ2) is 7.14. The molecule has 1 aliphatic rings. The zero-order valence-corrected chi connectivity index (χ0v) is 11.5. The number of piperidine rings is 1. The Morgan fingerprint density at radius 2 is 2.00 bits per heavy atom. The molecule has 0 aromatic heterocycles. The number of rotatable bonds is 5. The smallest absolute Gasteiger partial charge is 0.260 e. The van der Waals surface area contributed by atoms with Crippen LogP contribution in [0, 0.1) is 0 Å². The van der Waals surface area contributed by atoms with Gasteiger partial charge in [0, 0.05) is 19.1 Å². The first-order chi connectivity index (χ1) is 9.29. The van der Waals surface area contributed by atoms with Crippen LogP contribution >= 0.6 is 0 Å². The summed E-state index contributed by atoms with van der Waals surface area (Å²) < 4.78 is 5.49. The summed E-state index contributed by atoms with van der Waals surface area (Å²) in [5.41, 5.74) is 0. The van der Waals surface area contributed by atoms with Gasteiger partial charge in [-0.15, -0.1) is 0 Å². The van der Waals surface area contributed by atoms with Gasteiger partial charge >= 0.3 is 0 Å². The number of benzene rings is 1. The fourth-order valence-electron chi connectivity index (χ4n) is 2.37. The molecule has 104 valence electrons. The molecule has 19 heavy (non-hydrogen) atoms. The first-order valence-corrected chi connectivity index (χ1v) is 6.98. The number of nitrogens with zero attached hydrogens (tertiary/aromatic N) is 1. The number of likely N-dealkylation sites (tertiary alicyclic amines) is 1. The number of amides is 1. The Kier molecular flexibility index (Phi) is 5.21. The van der Waals surface area contributed by atoms with Crippen molar-refractivity contribution in [1.82, 2.24) is 10.2 Å². The highest BCUT2D eigenvalue weighted by atomic mass is 16.5. The third kappa shape index (κ3) is 4.24. The minimum absolute atomic E-state index is 0.0822. The lowest BCUT2D eigenvalue weighted by Crippen LogP contribution is -2.46. The normalized spacial score (nSPS) is 16.4. The molecule has 1 aromatic carbocycles. The summed E-state index contributed by atoms with van der Waals surface area (Å²) in [5, 5.41) is 3.43. The molecule has 0 bridgehead atoms. The van der Waals surface area contributed by atoms with Crippen LogP contribution in [0.25, 0.3) is 0 Å². The zero-order valence-electron chi connectivity index (χ0n) is 11.5. The van der Waals surface area contributed by atoms with E-state index in [4.69, 9.17) is 4.74 Å². The zero-order chi connectivity index (χ0) is 13.5. The van der Waals surface area contributed by atoms with Gasteiger partial charge in [0.05, 0.1) is 0 Å². The van der Waals surface area contributed by atoms with Crippen LogP contribution in [0.3, 0.4) is 0 Å². The SMILES string of the molecule is CCNC1CCN(C(=O)COc2ccccc2)CC1. The van der Waals surface area contributed by atoms with Gasteiger partial charge in [-0.05, 0) is 31.5 Å². The first-order valence-electron chi connectivity index (χ1n) is 6.98. The molecule has 1 aromatic rings. The van der Waals surface area contributed by atoms with Crippen LogP contribution in [0.2, 0.25) is 0 Å². The molecule has 1 amide bonds. The van der Waals surface area contributed by atoms with E-state index < -0.39 is 0 Å². The molecule has 0 unspecified atom stereocenters. The summed E-state index contributed by atoms with van der Waals surface area (Å²) >= 11 is 0. The van der Waals surface area contributed by atoms with E-state index in [9.17, 15) is 4.79 Å². The van der Waals surface area contributed by atoms with Crippen LogP contribution in [-0.4, -0.2) is 43.1 Å². The van der Waals surface area contributed by atoms with Gasteiger partial charge in [-0.2, -0.15) is 0 Å². The molecule has 0 saturated carbocycles. The minimum Gasteiger partial charge on any atom is -0.484 e. The molecular weight excluding hydrogens is 240 g/mol. The molecule has 1 saturated heterocycles. The van der Waals surface area contributed by atoms with Gasteiger partial charge in [-0.25, -0.2) is 0 Å². The van der Waals surface area contributed by atoms with Crippen molar-refractivity contribution < 1.29 is 9.53 Å². The Morgan fingerprint density at radius 3 is 2.63 bits per heavy atom. The molecule has 4 nitrogen and oxygen atoms in total. The highest BCUT2D eigenvalue weighted by Crippen LogP contribution is 2.12. The fraction of sp³-hybridized carbons (Fsp3) is 0.533. The highest BCUT2D eigenvalue weighted by Gasteiger charge is 2.22. The maximum Gasteiger partial charge on any atom is 0.260 e. The number of hydrogen-bond donors (Lipinski definition) is 1. The third-order valence-corrected chi connectivity index (χ3v) is 3.45. The molecule has 1 heterocycles.